The number of halogens is 1. The zero-order chi connectivity index (χ0) is 11.6. The highest BCUT2D eigenvalue weighted by Gasteiger charge is 2.20. The third-order valence-electron chi connectivity index (χ3n) is 3.26. The van der Waals surface area contributed by atoms with Crippen molar-refractivity contribution < 1.29 is 4.39 Å². The van der Waals surface area contributed by atoms with E-state index in [0.29, 0.717) is 0 Å². The summed E-state index contributed by atoms with van der Waals surface area (Å²) in [6.07, 6.45) is 0. The van der Waals surface area contributed by atoms with Crippen LogP contribution in [0.3, 0.4) is 0 Å². The number of nitrogens with two attached hydrogens (primary N) is 1. The molecule has 0 radical (unpaired) electrons. The minimum atomic E-state index is -0.116. The molecule has 15 heavy (non-hydrogen) atoms. The van der Waals surface area contributed by atoms with Gasteiger partial charge in [0, 0.05) is 6.04 Å². The molecule has 0 aliphatic heterocycles. The summed E-state index contributed by atoms with van der Waals surface area (Å²) in [5, 5.41) is 0. The summed E-state index contributed by atoms with van der Waals surface area (Å²) < 4.78 is 13.7. The summed E-state index contributed by atoms with van der Waals surface area (Å²) in [5.41, 5.74) is 7.56. The minimum absolute atomic E-state index is 0.0840. The van der Waals surface area contributed by atoms with E-state index in [4.69, 9.17) is 5.73 Å². The van der Waals surface area contributed by atoms with Gasteiger partial charge in [-0.05, 0) is 42.9 Å². The highest BCUT2D eigenvalue weighted by atomic mass is 19.1. The highest BCUT2D eigenvalue weighted by molar-refractivity contribution is 5.26. The second-order valence-corrected chi connectivity index (χ2v) is 4.53. The molecule has 0 amide bonds. The van der Waals surface area contributed by atoms with Gasteiger partial charge in [0.15, 0.2) is 0 Å². The van der Waals surface area contributed by atoms with Gasteiger partial charge in [0.05, 0.1) is 0 Å². The molecular formula is C13H20FN. The molecule has 84 valence electrons. The van der Waals surface area contributed by atoms with Crippen LogP contribution in [0.2, 0.25) is 0 Å². The topological polar surface area (TPSA) is 26.0 Å². The summed E-state index contributed by atoms with van der Waals surface area (Å²) in [5.74, 6) is 0.322. The van der Waals surface area contributed by atoms with E-state index >= 15 is 0 Å². The second kappa shape index (κ2) is 4.75. The van der Waals surface area contributed by atoms with Crippen LogP contribution in [0, 0.1) is 18.7 Å². The van der Waals surface area contributed by atoms with Crippen LogP contribution in [0.25, 0.3) is 0 Å². The Morgan fingerprint density at radius 2 is 1.80 bits per heavy atom. The Kier molecular flexibility index (Phi) is 3.86. The maximum Gasteiger partial charge on any atom is 0.126 e. The summed E-state index contributed by atoms with van der Waals surface area (Å²) >= 11 is 0. The fraction of sp³-hybridized carbons (Fsp3) is 0.538. The van der Waals surface area contributed by atoms with E-state index in [1.807, 2.05) is 32.9 Å². The highest BCUT2D eigenvalue weighted by Crippen LogP contribution is 2.28. The molecule has 1 aromatic carbocycles. The molecule has 0 bridgehead atoms. The molecule has 3 atom stereocenters. The first-order chi connectivity index (χ1) is 6.93. The molecule has 0 fully saturated rings. The standard InChI is InChI=1S/C13H20FN/c1-8-5-6-12(13(14)7-8)10(3)9(2)11(4)15/h5-7,9-11H,15H2,1-4H3. The van der Waals surface area contributed by atoms with Crippen LogP contribution in [0.15, 0.2) is 18.2 Å². The molecule has 1 aromatic rings. The first-order valence-electron chi connectivity index (χ1n) is 5.45. The van der Waals surface area contributed by atoms with E-state index in [-0.39, 0.29) is 23.7 Å². The van der Waals surface area contributed by atoms with Crippen LogP contribution in [0.5, 0.6) is 0 Å². The van der Waals surface area contributed by atoms with Crippen molar-refractivity contribution in [3.63, 3.8) is 0 Å². The van der Waals surface area contributed by atoms with Crippen molar-refractivity contribution in [2.45, 2.75) is 39.7 Å². The SMILES string of the molecule is Cc1ccc(C(C)C(C)C(C)N)c(F)c1. The molecule has 1 rings (SSSR count). The molecule has 1 nitrogen and oxygen atoms in total. The van der Waals surface area contributed by atoms with Crippen molar-refractivity contribution in [1.82, 2.24) is 0 Å². The van der Waals surface area contributed by atoms with E-state index in [1.165, 1.54) is 0 Å². The first-order valence-corrected chi connectivity index (χ1v) is 5.45. The summed E-state index contributed by atoms with van der Waals surface area (Å²) in [6, 6.07) is 5.48. The van der Waals surface area contributed by atoms with Crippen LogP contribution in [0.4, 0.5) is 4.39 Å². The monoisotopic (exact) mass is 209 g/mol. The molecular weight excluding hydrogens is 189 g/mol. The predicted molar refractivity (Wildman–Crippen MR) is 62.4 cm³/mol. The fourth-order valence-corrected chi connectivity index (χ4v) is 1.74. The first kappa shape index (κ1) is 12.2. The van der Waals surface area contributed by atoms with Gasteiger partial charge in [0.25, 0.3) is 0 Å². The van der Waals surface area contributed by atoms with E-state index in [2.05, 4.69) is 6.92 Å². The molecule has 0 heterocycles. The van der Waals surface area contributed by atoms with Gasteiger partial charge in [-0.3, -0.25) is 0 Å². The zero-order valence-corrected chi connectivity index (χ0v) is 9.92. The third-order valence-corrected chi connectivity index (χ3v) is 3.26. The van der Waals surface area contributed by atoms with Crippen molar-refractivity contribution in [1.29, 1.82) is 0 Å². The average Bonchev–Trinajstić information content (AvgIpc) is 2.15. The summed E-state index contributed by atoms with van der Waals surface area (Å²) in [4.78, 5) is 0. The number of aryl methyl sites for hydroxylation is 1. The Bertz CT molecular complexity index is 333. The average molecular weight is 209 g/mol. The quantitative estimate of drug-likeness (QED) is 0.812. The number of hydrogen-bond donors (Lipinski definition) is 1. The molecule has 0 spiro atoms. The lowest BCUT2D eigenvalue weighted by atomic mass is 9.84. The molecule has 3 unspecified atom stereocenters. The van der Waals surface area contributed by atoms with Gasteiger partial charge < -0.3 is 5.73 Å². The molecule has 0 saturated heterocycles. The maximum atomic E-state index is 13.7. The zero-order valence-electron chi connectivity index (χ0n) is 9.92. The van der Waals surface area contributed by atoms with Crippen molar-refractivity contribution in [2.24, 2.45) is 11.7 Å². The van der Waals surface area contributed by atoms with E-state index < -0.39 is 0 Å². The van der Waals surface area contributed by atoms with Crippen LogP contribution in [-0.2, 0) is 0 Å². The number of rotatable bonds is 3. The smallest absolute Gasteiger partial charge is 0.126 e. The Labute approximate surface area is 91.5 Å². The lowest BCUT2D eigenvalue weighted by Gasteiger charge is -2.24. The van der Waals surface area contributed by atoms with Crippen molar-refractivity contribution >= 4 is 0 Å². The predicted octanol–water partition coefficient (Wildman–Crippen LogP) is 3.22. The molecule has 2 heteroatoms. The lowest BCUT2D eigenvalue weighted by Crippen LogP contribution is -2.28. The van der Waals surface area contributed by atoms with Gasteiger partial charge in [0.2, 0.25) is 0 Å². The Hall–Kier alpha value is -0.890. The normalized spacial score (nSPS) is 17.2. The molecule has 0 aromatic heterocycles. The van der Waals surface area contributed by atoms with E-state index in [0.717, 1.165) is 11.1 Å². The van der Waals surface area contributed by atoms with Crippen molar-refractivity contribution in [3.05, 3.63) is 35.1 Å². The van der Waals surface area contributed by atoms with Crippen molar-refractivity contribution in [2.75, 3.05) is 0 Å². The third kappa shape index (κ3) is 2.78. The second-order valence-electron chi connectivity index (χ2n) is 4.53. The largest absolute Gasteiger partial charge is 0.328 e. The van der Waals surface area contributed by atoms with Crippen LogP contribution in [-0.4, -0.2) is 6.04 Å². The van der Waals surface area contributed by atoms with Gasteiger partial charge in [-0.15, -0.1) is 0 Å². The van der Waals surface area contributed by atoms with Crippen LogP contribution < -0.4 is 5.73 Å². The molecule has 0 aliphatic carbocycles. The fourth-order valence-electron chi connectivity index (χ4n) is 1.74. The number of benzene rings is 1. The Morgan fingerprint density at radius 1 is 1.20 bits per heavy atom. The lowest BCUT2D eigenvalue weighted by molar-refractivity contribution is 0.405. The van der Waals surface area contributed by atoms with E-state index in [9.17, 15) is 4.39 Å². The van der Waals surface area contributed by atoms with Gasteiger partial charge in [-0.2, -0.15) is 0 Å². The van der Waals surface area contributed by atoms with Crippen LogP contribution in [0.1, 0.15) is 37.8 Å². The maximum absolute atomic E-state index is 13.7. The Morgan fingerprint density at radius 3 is 2.27 bits per heavy atom. The van der Waals surface area contributed by atoms with Crippen LogP contribution >= 0.6 is 0 Å². The van der Waals surface area contributed by atoms with E-state index in [1.54, 1.807) is 6.07 Å². The summed E-state index contributed by atoms with van der Waals surface area (Å²) in [7, 11) is 0. The van der Waals surface area contributed by atoms with Gasteiger partial charge in [-0.1, -0.05) is 26.0 Å². The van der Waals surface area contributed by atoms with Crippen molar-refractivity contribution in [3.8, 4) is 0 Å². The van der Waals surface area contributed by atoms with Gasteiger partial charge in [-0.25, -0.2) is 4.39 Å². The Balaban J connectivity index is 2.96. The van der Waals surface area contributed by atoms with Gasteiger partial charge in [0.1, 0.15) is 5.82 Å². The number of hydrogen-bond acceptors (Lipinski definition) is 1. The summed E-state index contributed by atoms with van der Waals surface area (Å²) in [6.45, 7) is 7.95. The molecule has 2 N–H and O–H groups in total. The van der Waals surface area contributed by atoms with Gasteiger partial charge >= 0.3 is 0 Å². The minimum Gasteiger partial charge on any atom is -0.328 e. The molecule has 0 saturated carbocycles. The molecule has 0 aliphatic rings.